The van der Waals surface area contributed by atoms with Gasteiger partial charge < -0.3 is 20.4 Å². The molecule has 1 atom stereocenters. The van der Waals surface area contributed by atoms with Gasteiger partial charge in [0.1, 0.15) is 0 Å². The van der Waals surface area contributed by atoms with Gasteiger partial charge in [0.05, 0.1) is 6.20 Å². The van der Waals surface area contributed by atoms with Crippen LogP contribution in [0.2, 0.25) is 0 Å². The van der Waals surface area contributed by atoms with Gasteiger partial charge in [-0.15, -0.1) is 0 Å². The third-order valence-corrected chi connectivity index (χ3v) is 6.18. The first-order valence-electron chi connectivity index (χ1n) is 11.6. The van der Waals surface area contributed by atoms with Crippen LogP contribution in [-0.4, -0.2) is 17.1 Å². The summed E-state index contributed by atoms with van der Waals surface area (Å²) in [5, 5.41) is 9.52. The summed E-state index contributed by atoms with van der Waals surface area (Å²) in [5.41, 5.74) is 3.52. The van der Waals surface area contributed by atoms with Crippen molar-refractivity contribution in [2.45, 2.75) is 58.0 Å². The molecule has 1 fully saturated rings. The molecule has 6 heteroatoms. The summed E-state index contributed by atoms with van der Waals surface area (Å²) in [6.07, 6.45) is 11.2. The number of amides is 2. The molecule has 0 spiro atoms. The van der Waals surface area contributed by atoms with Crippen LogP contribution in [-0.2, 0) is 6.54 Å². The van der Waals surface area contributed by atoms with Crippen LogP contribution in [0.1, 0.15) is 51.0 Å². The average molecular weight is 433 g/mol. The minimum Gasteiger partial charge on any atom is -0.444 e. The number of rotatable bonds is 8. The van der Waals surface area contributed by atoms with E-state index in [0.29, 0.717) is 17.5 Å². The van der Waals surface area contributed by atoms with E-state index in [1.54, 1.807) is 6.20 Å². The van der Waals surface area contributed by atoms with Crippen molar-refractivity contribution in [2.24, 2.45) is 5.92 Å². The highest BCUT2D eigenvalue weighted by Gasteiger charge is 2.16. The van der Waals surface area contributed by atoms with Gasteiger partial charge in [0.2, 0.25) is 0 Å². The Morgan fingerprint density at radius 3 is 2.59 bits per heavy atom. The number of aromatic nitrogens is 1. The third kappa shape index (κ3) is 6.20. The smallest absolute Gasteiger partial charge is 0.323 e. The van der Waals surface area contributed by atoms with E-state index in [0.717, 1.165) is 29.3 Å². The largest absolute Gasteiger partial charge is 0.444 e. The second kappa shape index (κ2) is 11.0. The lowest BCUT2D eigenvalue weighted by atomic mass is 9.85. The fourth-order valence-corrected chi connectivity index (χ4v) is 4.45. The summed E-state index contributed by atoms with van der Waals surface area (Å²) in [7, 11) is 0. The molecule has 1 heterocycles. The van der Waals surface area contributed by atoms with Crippen LogP contribution in [0, 0.1) is 5.92 Å². The lowest BCUT2D eigenvalue weighted by Gasteiger charge is -2.25. The van der Waals surface area contributed by atoms with Crippen LogP contribution < -0.4 is 16.0 Å². The lowest BCUT2D eigenvalue weighted by Crippen LogP contribution is -2.29. The summed E-state index contributed by atoms with van der Waals surface area (Å²) in [6.45, 7) is 3.00. The lowest BCUT2D eigenvalue weighted by molar-refractivity contribution is 0.262. The first kappa shape index (κ1) is 22.1. The number of anilines is 2. The highest BCUT2D eigenvalue weighted by atomic mass is 16.3. The second-order valence-electron chi connectivity index (χ2n) is 8.70. The van der Waals surface area contributed by atoms with Crippen molar-refractivity contribution in [1.29, 1.82) is 0 Å². The number of benzene rings is 2. The van der Waals surface area contributed by atoms with Crippen LogP contribution in [0.3, 0.4) is 0 Å². The third-order valence-electron chi connectivity index (χ3n) is 6.18. The van der Waals surface area contributed by atoms with E-state index in [1.807, 2.05) is 42.5 Å². The Morgan fingerprint density at radius 1 is 1.06 bits per heavy atom. The normalized spacial score (nSPS) is 15.3. The van der Waals surface area contributed by atoms with Gasteiger partial charge in [-0.1, -0.05) is 50.3 Å². The molecule has 0 radical (unpaired) electrons. The maximum atomic E-state index is 12.6. The molecule has 6 nitrogen and oxygen atoms in total. The molecule has 0 aliphatic heterocycles. The number of oxazole rings is 1. The van der Waals surface area contributed by atoms with Crippen molar-refractivity contribution in [1.82, 2.24) is 10.3 Å². The average Bonchev–Trinajstić information content (AvgIpc) is 3.35. The van der Waals surface area contributed by atoms with Gasteiger partial charge in [0.25, 0.3) is 0 Å². The molecule has 1 saturated carbocycles. The van der Waals surface area contributed by atoms with Crippen LogP contribution in [0.4, 0.5) is 16.2 Å². The molecular weight excluding hydrogens is 400 g/mol. The number of urea groups is 1. The Bertz CT molecular complexity index is 979. The predicted molar refractivity (Wildman–Crippen MR) is 129 cm³/mol. The fourth-order valence-electron chi connectivity index (χ4n) is 4.45. The number of para-hydroxylation sites is 1. The van der Waals surface area contributed by atoms with Gasteiger partial charge in [-0.25, -0.2) is 9.78 Å². The van der Waals surface area contributed by atoms with Crippen LogP contribution in [0.15, 0.2) is 65.5 Å². The van der Waals surface area contributed by atoms with E-state index in [1.165, 1.54) is 44.9 Å². The highest BCUT2D eigenvalue weighted by molar-refractivity contribution is 6.00. The van der Waals surface area contributed by atoms with Gasteiger partial charge in [0, 0.05) is 29.5 Å². The Balaban J connectivity index is 1.29. The molecular formula is C26H32N4O2. The van der Waals surface area contributed by atoms with E-state index in [9.17, 15) is 4.79 Å². The van der Waals surface area contributed by atoms with Gasteiger partial charge in [-0.05, 0) is 55.2 Å². The minimum absolute atomic E-state index is 0.264. The van der Waals surface area contributed by atoms with Crippen molar-refractivity contribution in [3.05, 3.63) is 66.7 Å². The highest BCUT2D eigenvalue weighted by Crippen LogP contribution is 2.27. The molecule has 1 aliphatic rings. The first-order valence-corrected chi connectivity index (χ1v) is 11.6. The molecule has 2 aromatic carbocycles. The molecule has 3 N–H and O–H groups in total. The topological polar surface area (TPSA) is 79.2 Å². The number of nitrogens with zero attached hydrogens (tertiary/aromatic N) is 1. The number of carbonyl (C=O) groups is 1. The molecule has 0 bridgehead atoms. The predicted octanol–water partition coefficient (Wildman–Crippen LogP) is 6.43. The Kier molecular flexibility index (Phi) is 7.56. The van der Waals surface area contributed by atoms with Gasteiger partial charge in [-0.2, -0.15) is 0 Å². The Morgan fingerprint density at radius 2 is 1.84 bits per heavy atom. The molecule has 0 saturated heterocycles. The van der Waals surface area contributed by atoms with Crippen LogP contribution >= 0.6 is 0 Å². The van der Waals surface area contributed by atoms with E-state index in [2.05, 4.69) is 33.9 Å². The molecule has 32 heavy (non-hydrogen) atoms. The van der Waals surface area contributed by atoms with Crippen molar-refractivity contribution in [3.8, 4) is 11.3 Å². The number of hydrogen-bond donors (Lipinski definition) is 3. The summed E-state index contributed by atoms with van der Waals surface area (Å²) >= 11 is 0. The maximum absolute atomic E-state index is 12.6. The summed E-state index contributed by atoms with van der Waals surface area (Å²) < 4.78 is 5.30. The fraction of sp³-hybridized carbons (Fsp3) is 0.385. The first-order chi connectivity index (χ1) is 15.7. The van der Waals surface area contributed by atoms with E-state index in [4.69, 9.17) is 4.42 Å². The van der Waals surface area contributed by atoms with E-state index >= 15 is 0 Å². The number of nitrogens with one attached hydrogen (secondary N) is 3. The van der Waals surface area contributed by atoms with Crippen molar-refractivity contribution < 1.29 is 9.21 Å². The quantitative estimate of drug-likeness (QED) is 0.383. The van der Waals surface area contributed by atoms with Crippen molar-refractivity contribution in [2.75, 3.05) is 10.6 Å². The number of carbonyl (C=O) groups excluding carboxylic acids is 1. The van der Waals surface area contributed by atoms with Gasteiger partial charge in [-0.3, -0.25) is 0 Å². The maximum Gasteiger partial charge on any atom is 0.323 e. The Labute approximate surface area is 189 Å². The summed E-state index contributed by atoms with van der Waals surface area (Å²) in [5.74, 6) is 1.54. The molecule has 1 aromatic heterocycles. The van der Waals surface area contributed by atoms with E-state index < -0.39 is 0 Å². The SMILES string of the molecule is C[C@@H](CC1CCCCC1)NCc1ccccc1NC(=O)Nc1ccc(-c2cnco2)cc1. The summed E-state index contributed by atoms with van der Waals surface area (Å²) in [4.78, 5) is 16.5. The van der Waals surface area contributed by atoms with Gasteiger partial charge >= 0.3 is 6.03 Å². The molecule has 0 unspecified atom stereocenters. The zero-order valence-corrected chi connectivity index (χ0v) is 18.6. The van der Waals surface area contributed by atoms with Crippen LogP contribution in [0.25, 0.3) is 11.3 Å². The van der Waals surface area contributed by atoms with Crippen LogP contribution in [0.5, 0.6) is 0 Å². The molecule has 3 aromatic rings. The molecule has 168 valence electrons. The summed E-state index contributed by atoms with van der Waals surface area (Å²) in [6, 6.07) is 15.6. The zero-order valence-electron chi connectivity index (χ0n) is 18.6. The van der Waals surface area contributed by atoms with Gasteiger partial charge in [0.15, 0.2) is 12.2 Å². The second-order valence-corrected chi connectivity index (χ2v) is 8.70. The Hall–Kier alpha value is -3.12. The molecule has 4 rings (SSSR count). The molecule has 2 amide bonds. The number of hydrogen-bond acceptors (Lipinski definition) is 4. The molecule has 1 aliphatic carbocycles. The zero-order chi connectivity index (χ0) is 22.2. The van der Waals surface area contributed by atoms with E-state index in [-0.39, 0.29) is 6.03 Å². The standard InChI is InChI=1S/C26H32N4O2/c1-19(15-20-7-3-2-4-8-20)28-16-22-9-5-6-10-24(22)30-26(31)29-23-13-11-21(12-14-23)25-17-27-18-32-25/h5-6,9-14,17-20,28H,2-4,7-8,15-16H2,1H3,(H2,29,30,31)/t19-/m0/s1. The minimum atomic E-state index is -0.264. The van der Waals surface area contributed by atoms with Crippen molar-refractivity contribution >= 4 is 17.4 Å². The monoisotopic (exact) mass is 432 g/mol. The van der Waals surface area contributed by atoms with Crippen molar-refractivity contribution in [3.63, 3.8) is 0 Å².